The number of benzene rings is 3. The first-order chi connectivity index (χ1) is 13.9. The first-order valence-electron chi connectivity index (χ1n) is 9.41. The highest BCUT2D eigenvalue weighted by Gasteiger charge is 2.23. The highest BCUT2D eigenvalue weighted by Crippen LogP contribution is 2.26. The normalized spacial score (nSPS) is 11.6. The molecule has 0 aliphatic carbocycles. The van der Waals surface area contributed by atoms with Gasteiger partial charge in [0, 0.05) is 16.5 Å². The first kappa shape index (κ1) is 20.8. The van der Waals surface area contributed by atoms with Gasteiger partial charge in [0.15, 0.2) is 0 Å². The van der Waals surface area contributed by atoms with Crippen molar-refractivity contribution >= 4 is 33.4 Å². The van der Waals surface area contributed by atoms with Gasteiger partial charge in [0.2, 0.25) is 5.91 Å². The molecule has 2 amide bonds. The molecule has 2 N–H and O–H groups in total. The molecule has 0 aromatic heterocycles. The Bertz CT molecular complexity index is 1000. The van der Waals surface area contributed by atoms with Gasteiger partial charge in [-0.2, -0.15) is 0 Å². The molecule has 29 heavy (non-hydrogen) atoms. The van der Waals surface area contributed by atoms with E-state index in [9.17, 15) is 9.59 Å². The van der Waals surface area contributed by atoms with Crippen molar-refractivity contribution in [3.05, 3.63) is 99.5 Å². The van der Waals surface area contributed by atoms with Gasteiger partial charge in [0.1, 0.15) is 6.04 Å². The third kappa shape index (κ3) is 5.55. The third-order valence-corrected chi connectivity index (χ3v) is 5.44. The number of nitrogens with one attached hydrogen (secondary N) is 2. The highest BCUT2D eigenvalue weighted by atomic mass is 79.9. The van der Waals surface area contributed by atoms with Gasteiger partial charge in [-0.3, -0.25) is 9.59 Å². The summed E-state index contributed by atoms with van der Waals surface area (Å²) in [5.41, 5.74) is 4.39. The van der Waals surface area contributed by atoms with Gasteiger partial charge >= 0.3 is 0 Å². The Balaban J connectivity index is 1.82. The van der Waals surface area contributed by atoms with Crippen molar-refractivity contribution in [1.29, 1.82) is 0 Å². The minimum Gasteiger partial charge on any atom is -0.340 e. The van der Waals surface area contributed by atoms with Crippen molar-refractivity contribution in [3.8, 4) is 0 Å². The minimum absolute atomic E-state index is 0.262. The molecule has 0 heterocycles. The van der Waals surface area contributed by atoms with Crippen molar-refractivity contribution < 1.29 is 9.59 Å². The van der Waals surface area contributed by atoms with Crippen LogP contribution in [0, 0.1) is 13.8 Å². The van der Waals surface area contributed by atoms with E-state index in [0.29, 0.717) is 17.7 Å². The average Bonchev–Trinajstić information content (AvgIpc) is 2.72. The van der Waals surface area contributed by atoms with Gasteiger partial charge in [-0.25, -0.2) is 0 Å². The first-order valence-corrected chi connectivity index (χ1v) is 10.2. The van der Waals surface area contributed by atoms with Gasteiger partial charge in [-0.15, -0.1) is 0 Å². The van der Waals surface area contributed by atoms with Crippen molar-refractivity contribution in [2.45, 2.75) is 26.3 Å². The van der Waals surface area contributed by atoms with E-state index < -0.39 is 6.04 Å². The number of rotatable bonds is 6. The maximum Gasteiger partial charge on any atom is 0.251 e. The number of hydrogen-bond acceptors (Lipinski definition) is 2. The van der Waals surface area contributed by atoms with Gasteiger partial charge in [-0.1, -0.05) is 48.5 Å². The summed E-state index contributed by atoms with van der Waals surface area (Å²) >= 11 is 3.51. The van der Waals surface area contributed by atoms with Crippen LogP contribution in [-0.4, -0.2) is 17.9 Å². The molecule has 0 spiro atoms. The smallest absolute Gasteiger partial charge is 0.251 e. The summed E-state index contributed by atoms with van der Waals surface area (Å²) in [5, 5.41) is 5.84. The Morgan fingerprint density at radius 2 is 1.48 bits per heavy atom. The van der Waals surface area contributed by atoms with Crippen LogP contribution in [0.5, 0.6) is 0 Å². The maximum absolute atomic E-state index is 13.1. The van der Waals surface area contributed by atoms with Crippen LogP contribution in [0.15, 0.2) is 77.3 Å². The molecule has 1 atom stereocenters. The fourth-order valence-corrected chi connectivity index (χ4v) is 3.54. The predicted molar refractivity (Wildman–Crippen MR) is 120 cm³/mol. The monoisotopic (exact) mass is 450 g/mol. The number of halogens is 1. The molecule has 148 valence electrons. The molecule has 5 heteroatoms. The van der Waals surface area contributed by atoms with Crippen LogP contribution in [0.1, 0.15) is 27.0 Å². The minimum atomic E-state index is -0.710. The van der Waals surface area contributed by atoms with E-state index >= 15 is 0 Å². The molecule has 0 radical (unpaired) electrons. The Morgan fingerprint density at radius 3 is 2.14 bits per heavy atom. The van der Waals surface area contributed by atoms with E-state index in [-0.39, 0.29) is 11.8 Å². The summed E-state index contributed by atoms with van der Waals surface area (Å²) in [6, 6.07) is 21.7. The van der Waals surface area contributed by atoms with Crippen LogP contribution >= 0.6 is 15.9 Å². The quantitative estimate of drug-likeness (QED) is 0.552. The van der Waals surface area contributed by atoms with Crippen LogP contribution in [0.3, 0.4) is 0 Å². The molecule has 0 fully saturated rings. The molecule has 0 bridgehead atoms. The average molecular weight is 451 g/mol. The lowest BCUT2D eigenvalue weighted by Crippen LogP contribution is -2.45. The molecule has 3 rings (SSSR count). The van der Waals surface area contributed by atoms with Crippen molar-refractivity contribution in [1.82, 2.24) is 5.32 Å². The van der Waals surface area contributed by atoms with Crippen molar-refractivity contribution in [2.75, 3.05) is 5.32 Å². The molecule has 0 unspecified atom stereocenters. The summed E-state index contributed by atoms with van der Waals surface area (Å²) < 4.78 is 0.807. The molecule has 0 aliphatic rings. The zero-order valence-electron chi connectivity index (χ0n) is 16.4. The molecule has 3 aromatic rings. The molecular formula is C24H23BrN2O2. The molecule has 4 nitrogen and oxygen atoms in total. The van der Waals surface area contributed by atoms with E-state index in [2.05, 4.69) is 26.6 Å². The van der Waals surface area contributed by atoms with Gasteiger partial charge in [0.25, 0.3) is 5.91 Å². The van der Waals surface area contributed by atoms with E-state index in [1.165, 1.54) is 0 Å². The van der Waals surface area contributed by atoms with Gasteiger partial charge < -0.3 is 10.6 Å². The summed E-state index contributed by atoms with van der Waals surface area (Å²) in [6.07, 6.45) is 0.397. The Hall–Kier alpha value is -2.92. The fraction of sp³-hybridized carbons (Fsp3) is 0.167. The number of anilines is 1. The van der Waals surface area contributed by atoms with E-state index in [1.54, 1.807) is 24.3 Å². The zero-order valence-corrected chi connectivity index (χ0v) is 18.0. The van der Waals surface area contributed by atoms with Crippen LogP contribution in [0.2, 0.25) is 0 Å². The molecule has 0 saturated carbocycles. The summed E-state index contributed by atoms with van der Waals surface area (Å²) in [5.74, 6) is -0.539. The number of hydrogen-bond donors (Lipinski definition) is 2. The number of aryl methyl sites for hydroxylation is 2. The van der Waals surface area contributed by atoms with Crippen molar-refractivity contribution in [2.24, 2.45) is 0 Å². The summed E-state index contributed by atoms with van der Waals surface area (Å²) in [7, 11) is 0. The Morgan fingerprint density at radius 1 is 0.897 bits per heavy atom. The molecule has 3 aromatic carbocycles. The van der Waals surface area contributed by atoms with E-state index in [1.807, 2.05) is 62.4 Å². The molecule has 0 aliphatic heterocycles. The topological polar surface area (TPSA) is 58.2 Å². The lowest BCUT2D eigenvalue weighted by atomic mass is 10.0. The van der Waals surface area contributed by atoms with Crippen LogP contribution < -0.4 is 10.6 Å². The third-order valence-electron chi connectivity index (χ3n) is 4.78. The lowest BCUT2D eigenvalue weighted by Gasteiger charge is -2.20. The number of carbonyl (C=O) groups excluding carboxylic acids is 2. The van der Waals surface area contributed by atoms with Crippen LogP contribution in [-0.2, 0) is 11.2 Å². The van der Waals surface area contributed by atoms with Gasteiger partial charge in [-0.05, 0) is 70.7 Å². The van der Waals surface area contributed by atoms with E-state index in [0.717, 1.165) is 21.2 Å². The zero-order chi connectivity index (χ0) is 20.8. The Labute approximate surface area is 179 Å². The summed E-state index contributed by atoms with van der Waals surface area (Å²) in [6.45, 7) is 4.01. The van der Waals surface area contributed by atoms with Crippen LogP contribution in [0.4, 0.5) is 5.69 Å². The largest absolute Gasteiger partial charge is 0.340 e. The second kappa shape index (κ2) is 9.52. The predicted octanol–water partition coefficient (Wildman–Crippen LogP) is 5.05. The number of amides is 2. The van der Waals surface area contributed by atoms with Gasteiger partial charge in [0.05, 0.1) is 5.69 Å². The summed E-state index contributed by atoms with van der Waals surface area (Å²) in [4.78, 5) is 25.8. The second-order valence-electron chi connectivity index (χ2n) is 6.99. The standard InChI is InChI=1S/C24H23BrN2O2/c1-16-13-20(25)21(14-17(16)2)26-24(29)22(15-18-9-5-3-6-10-18)27-23(28)19-11-7-4-8-12-19/h3-14,22H,15H2,1-2H3,(H,26,29)(H,27,28)/t22-/m0/s1. The number of carbonyl (C=O) groups is 2. The lowest BCUT2D eigenvalue weighted by molar-refractivity contribution is -0.118. The maximum atomic E-state index is 13.1. The molecule has 0 saturated heterocycles. The van der Waals surface area contributed by atoms with Crippen LogP contribution in [0.25, 0.3) is 0 Å². The Kier molecular flexibility index (Phi) is 6.83. The molecular weight excluding hydrogens is 428 g/mol. The fourth-order valence-electron chi connectivity index (χ4n) is 2.99. The second-order valence-corrected chi connectivity index (χ2v) is 7.84. The van der Waals surface area contributed by atoms with Crippen molar-refractivity contribution in [3.63, 3.8) is 0 Å². The SMILES string of the molecule is Cc1cc(Br)c(NC(=O)[C@H](Cc2ccccc2)NC(=O)c2ccccc2)cc1C. The highest BCUT2D eigenvalue weighted by molar-refractivity contribution is 9.10. The van der Waals surface area contributed by atoms with E-state index in [4.69, 9.17) is 0 Å².